The number of rotatable bonds is 1. The topological polar surface area (TPSA) is 41.6 Å². The van der Waals surface area contributed by atoms with E-state index in [1.165, 1.54) is 19.3 Å². The van der Waals surface area contributed by atoms with E-state index < -0.39 is 0 Å². The molecule has 4 heteroatoms. The van der Waals surface area contributed by atoms with E-state index in [1.807, 2.05) is 0 Å². The van der Waals surface area contributed by atoms with Crippen LogP contribution < -0.4 is 5.32 Å². The Hall–Kier alpha value is -0.610. The van der Waals surface area contributed by atoms with Crippen molar-refractivity contribution in [3.8, 4) is 0 Å². The maximum atomic E-state index is 12.5. The zero-order valence-corrected chi connectivity index (χ0v) is 10.4. The minimum absolute atomic E-state index is 0.0781. The first kappa shape index (κ1) is 11.5. The lowest BCUT2D eigenvalue weighted by atomic mass is 10.0. The molecule has 1 amide bonds. The van der Waals surface area contributed by atoms with E-state index in [0.29, 0.717) is 24.5 Å². The van der Waals surface area contributed by atoms with Crippen LogP contribution in [0.1, 0.15) is 32.1 Å². The Labute approximate surface area is 103 Å². The Morgan fingerprint density at radius 2 is 2.18 bits per heavy atom. The molecule has 0 bridgehead atoms. The lowest BCUT2D eigenvalue weighted by Crippen LogP contribution is -2.49. The van der Waals surface area contributed by atoms with Crippen molar-refractivity contribution in [2.45, 2.75) is 44.2 Å². The Kier molecular flexibility index (Phi) is 3.34. The molecule has 1 N–H and O–H groups in total. The second-order valence-electron chi connectivity index (χ2n) is 5.51. The average Bonchev–Trinajstić information content (AvgIpc) is 2.97. The molecule has 96 valence electrons. The van der Waals surface area contributed by atoms with Crippen molar-refractivity contribution >= 4 is 5.91 Å². The first-order valence-corrected chi connectivity index (χ1v) is 6.98. The molecule has 3 unspecified atom stereocenters. The number of nitrogens with zero attached hydrogens (tertiary/aromatic N) is 1. The van der Waals surface area contributed by atoms with E-state index in [2.05, 4.69) is 10.2 Å². The monoisotopic (exact) mass is 238 g/mol. The van der Waals surface area contributed by atoms with Gasteiger partial charge in [-0.05, 0) is 32.2 Å². The highest BCUT2D eigenvalue weighted by Crippen LogP contribution is 2.32. The molecular weight excluding hydrogens is 216 g/mol. The van der Waals surface area contributed by atoms with E-state index in [9.17, 15) is 4.79 Å². The van der Waals surface area contributed by atoms with Gasteiger partial charge in [0.15, 0.2) is 0 Å². The summed E-state index contributed by atoms with van der Waals surface area (Å²) in [6.45, 7) is 3.35. The van der Waals surface area contributed by atoms with Gasteiger partial charge in [-0.3, -0.25) is 4.79 Å². The van der Waals surface area contributed by atoms with Crippen LogP contribution in [0.4, 0.5) is 0 Å². The number of hydrogen-bond acceptors (Lipinski definition) is 3. The third-order valence-corrected chi connectivity index (χ3v) is 4.47. The smallest absolute Gasteiger partial charge is 0.240 e. The fourth-order valence-electron chi connectivity index (χ4n) is 3.55. The van der Waals surface area contributed by atoms with E-state index in [-0.39, 0.29) is 6.04 Å². The van der Waals surface area contributed by atoms with Crippen LogP contribution in [-0.2, 0) is 9.53 Å². The predicted octanol–water partition coefficient (Wildman–Crippen LogP) is 0.766. The molecule has 0 radical (unpaired) electrons. The molecule has 3 fully saturated rings. The minimum Gasteiger partial charge on any atom is -0.379 e. The molecule has 3 atom stereocenters. The molecule has 0 spiro atoms. The largest absolute Gasteiger partial charge is 0.379 e. The summed E-state index contributed by atoms with van der Waals surface area (Å²) < 4.78 is 5.64. The van der Waals surface area contributed by atoms with Gasteiger partial charge in [-0.25, -0.2) is 0 Å². The maximum Gasteiger partial charge on any atom is 0.240 e. The fraction of sp³-hybridized carbons (Fsp3) is 0.923. The standard InChI is InChI=1S/C13H22N2O2/c16-13(11-4-2-6-14-11)15-7-8-17-9-10-3-1-5-12(10)15/h10-12,14H,1-9H2. The third-order valence-electron chi connectivity index (χ3n) is 4.47. The summed E-state index contributed by atoms with van der Waals surface area (Å²) in [7, 11) is 0. The molecule has 1 aliphatic carbocycles. The van der Waals surface area contributed by atoms with Gasteiger partial charge in [-0.15, -0.1) is 0 Å². The molecule has 17 heavy (non-hydrogen) atoms. The number of fused-ring (bicyclic) bond motifs is 1. The molecule has 2 heterocycles. The van der Waals surface area contributed by atoms with Crippen molar-refractivity contribution in [2.75, 3.05) is 26.3 Å². The van der Waals surface area contributed by atoms with Gasteiger partial charge in [0.05, 0.1) is 19.3 Å². The van der Waals surface area contributed by atoms with E-state index in [0.717, 1.165) is 32.5 Å². The van der Waals surface area contributed by atoms with Gasteiger partial charge in [0.25, 0.3) is 0 Å². The Morgan fingerprint density at radius 1 is 1.24 bits per heavy atom. The van der Waals surface area contributed by atoms with Crippen LogP contribution in [0.25, 0.3) is 0 Å². The minimum atomic E-state index is 0.0781. The second-order valence-corrected chi connectivity index (χ2v) is 5.51. The average molecular weight is 238 g/mol. The molecule has 0 aromatic carbocycles. The lowest BCUT2D eigenvalue weighted by molar-refractivity contribution is -0.135. The van der Waals surface area contributed by atoms with Gasteiger partial charge in [-0.1, -0.05) is 6.42 Å². The Bertz CT molecular complexity index is 289. The van der Waals surface area contributed by atoms with Gasteiger partial charge in [0.2, 0.25) is 5.91 Å². The number of carbonyl (C=O) groups excluding carboxylic acids is 1. The highest BCUT2D eigenvalue weighted by Gasteiger charge is 2.38. The van der Waals surface area contributed by atoms with Crippen molar-refractivity contribution in [2.24, 2.45) is 5.92 Å². The highest BCUT2D eigenvalue weighted by atomic mass is 16.5. The number of carbonyl (C=O) groups is 1. The zero-order valence-electron chi connectivity index (χ0n) is 10.4. The van der Waals surface area contributed by atoms with E-state index in [4.69, 9.17) is 4.74 Å². The van der Waals surface area contributed by atoms with Crippen molar-refractivity contribution in [1.82, 2.24) is 10.2 Å². The van der Waals surface area contributed by atoms with E-state index in [1.54, 1.807) is 0 Å². The maximum absolute atomic E-state index is 12.5. The summed E-state index contributed by atoms with van der Waals surface area (Å²) in [5.41, 5.74) is 0. The number of nitrogens with one attached hydrogen (secondary N) is 1. The number of amides is 1. The van der Waals surface area contributed by atoms with Crippen LogP contribution in [-0.4, -0.2) is 49.2 Å². The van der Waals surface area contributed by atoms with Crippen LogP contribution in [0, 0.1) is 5.92 Å². The van der Waals surface area contributed by atoms with Crippen LogP contribution >= 0.6 is 0 Å². The van der Waals surface area contributed by atoms with Crippen LogP contribution in [0.5, 0.6) is 0 Å². The number of ether oxygens (including phenoxy) is 1. The molecule has 0 aromatic heterocycles. The van der Waals surface area contributed by atoms with Crippen molar-refractivity contribution in [3.05, 3.63) is 0 Å². The Balaban J connectivity index is 1.72. The summed E-state index contributed by atoms with van der Waals surface area (Å²) in [5, 5.41) is 3.32. The summed E-state index contributed by atoms with van der Waals surface area (Å²) in [6, 6.07) is 0.529. The third kappa shape index (κ3) is 2.20. The Morgan fingerprint density at radius 3 is 3.00 bits per heavy atom. The predicted molar refractivity (Wildman–Crippen MR) is 64.7 cm³/mol. The fourth-order valence-corrected chi connectivity index (χ4v) is 3.55. The first-order chi connectivity index (χ1) is 8.36. The quantitative estimate of drug-likeness (QED) is 0.733. The van der Waals surface area contributed by atoms with Crippen LogP contribution in [0.2, 0.25) is 0 Å². The summed E-state index contributed by atoms with van der Waals surface area (Å²) in [5.74, 6) is 0.910. The lowest BCUT2D eigenvalue weighted by Gasteiger charge is -2.32. The van der Waals surface area contributed by atoms with Gasteiger partial charge in [0, 0.05) is 18.5 Å². The molecule has 0 aromatic rings. The molecule has 3 aliphatic rings. The summed E-state index contributed by atoms with van der Waals surface area (Å²) >= 11 is 0. The van der Waals surface area contributed by atoms with Gasteiger partial charge >= 0.3 is 0 Å². The van der Waals surface area contributed by atoms with Gasteiger partial charge < -0.3 is 15.0 Å². The van der Waals surface area contributed by atoms with Crippen molar-refractivity contribution in [1.29, 1.82) is 0 Å². The SMILES string of the molecule is O=C(C1CCCN1)N1CCOCC2CCCC21. The molecular formula is C13H22N2O2. The second kappa shape index (κ2) is 4.94. The van der Waals surface area contributed by atoms with Gasteiger partial charge in [-0.2, -0.15) is 0 Å². The van der Waals surface area contributed by atoms with Crippen molar-refractivity contribution < 1.29 is 9.53 Å². The van der Waals surface area contributed by atoms with Crippen LogP contribution in [0.15, 0.2) is 0 Å². The molecule has 1 saturated carbocycles. The normalized spacial score (nSPS) is 37.9. The van der Waals surface area contributed by atoms with E-state index >= 15 is 0 Å². The van der Waals surface area contributed by atoms with Gasteiger partial charge in [0.1, 0.15) is 0 Å². The first-order valence-electron chi connectivity index (χ1n) is 6.98. The summed E-state index contributed by atoms with van der Waals surface area (Å²) in [4.78, 5) is 14.6. The molecule has 4 nitrogen and oxygen atoms in total. The van der Waals surface area contributed by atoms with Crippen molar-refractivity contribution in [3.63, 3.8) is 0 Å². The zero-order chi connectivity index (χ0) is 11.7. The number of hydrogen-bond donors (Lipinski definition) is 1. The molecule has 3 rings (SSSR count). The van der Waals surface area contributed by atoms with Crippen LogP contribution in [0.3, 0.4) is 0 Å². The molecule has 2 saturated heterocycles. The summed E-state index contributed by atoms with van der Waals surface area (Å²) in [6.07, 6.45) is 5.79. The highest BCUT2D eigenvalue weighted by molar-refractivity contribution is 5.82. The molecule has 2 aliphatic heterocycles.